The Morgan fingerprint density at radius 3 is 2.50 bits per heavy atom. The molecule has 3 heterocycles. The molecule has 3 aliphatic heterocycles. The third-order valence-corrected chi connectivity index (χ3v) is 6.28. The van der Waals surface area contributed by atoms with E-state index < -0.39 is 18.0 Å². The van der Waals surface area contributed by atoms with Crippen LogP contribution in [0.25, 0.3) is 0 Å². The molecule has 2 amide bonds. The molecular formula is C15H21N3O5S. The first-order chi connectivity index (χ1) is 11.3. The summed E-state index contributed by atoms with van der Waals surface area (Å²) in [5.74, 6) is -2.41. The molecular weight excluding hydrogens is 334 g/mol. The van der Waals surface area contributed by atoms with E-state index in [1.165, 1.54) is 16.7 Å². The number of primary amides is 1. The quantitative estimate of drug-likeness (QED) is 0.562. The molecule has 0 bridgehead atoms. The molecule has 2 saturated heterocycles. The van der Waals surface area contributed by atoms with Crippen LogP contribution < -0.4 is 5.73 Å². The van der Waals surface area contributed by atoms with Crippen LogP contribution in [0.15, 0.2) is 10.6 Å². The SMILES string of the molecule is CC(O)[C@H]1C(=O)N2C(C(=O)O)=C(CN3CCC(C(N)=O)CC3)S[C@H]12. The minimum absolute atomic E-state index is 0.0314. The Hall–Kier alpha value is -1.58. The first kappa shape index (κ1) is 17.2. The molecule has 3 atom stereocenters. The van der Waals surface area contributed by atoms with E-state index in [0.29, 0.717) is 37.4 Å². The number of carbonyl (C=O) groups excluding carboxylic acids is 2. The first-order valence-electron chi connectivity index (χ1n) is 7.97. The molecule has 3 rings (SSSR count). The fraction of sp³-hybridized carbons (Fsp3) is 0.667. The Balaban J connectivity index is 1.70. The second-order valence-corrected chi connectivity index (χ2v) is 7.72. The monoisotopic (exact) mass is 355 g/mol. The number of aliphatic carboxylic acids is 1. The number of aliphatic hydroxyl groups is 1. The fourth-order valence-electron chi connectivity index (χ4n) is 3.54. The summed E-state index contributed by atoms with van der Waals surface area (Å²) < 4.78 is 0. The van der Waals surface area contributed by atoms with Crippen molar-refractivity contribution in [2.24, 2.45) is 17.6 Å². The summed E-state index contributed by atoms with van der Waals surface area (Å²) in [7, 11) is 0. The number of carboxylic acids is 1. The van der Waals surface area contributed by atoms with Crippen molar-refractivity contribution in [3.05, 3.63) is 10.6 Å². The third-order valence-electron chi connectivity index (χ3n) is 4.93. The molecule has 1 unspecified atom stereocenters. The molecule has 3 aliphatic rings. The van der Waals surface area contributed by atoms with Crippen LogP contribution in [0.5, 0.6) is 0 Å². The zero-order valence-corrected chi connectivity index (χ0v) is 14.2. The van der Waals surface area contributed by atoms with E-state index >= 15 is 0 Å². The number of nitrogens with two attached hydrogens (primary N) is 1. The average Bonchev–Trinajstić information content (AvgIpc) is 2.81. The van der Waals surface area contributed by atoms with Gasteiger partial charge < -0.3 is 15.9 Å². The van der Waals surface area contributed by atoms with Gasteiger partial charge in [0.1, 0.15) is 11.1 Å². The van der Waals surface area contributed by atoms with Crippen molar-refractivity contribution < 1.29 is 24.6 Å². The number of nitrogens with zero attached hydrogens (tertiary/aromatic N) is 2. The number of amides is 2. The molecule has 0 aromatic heterocycles. The second-order valence-electron chi connectivity index (χ2n) is 6.51. The number of fused-ring (bicyclic) bond motifs is 1. The summed E-state index contributed by atoms with van der Waals surface area (Å²) >= 11 is 1.35. The van der Waals surface area contributed by atoms with E-state index in [0.717, 1.165) is 0 Å². The normalized spacial score (nSPS) is 29.4. The van der Waals surface area contributed by atoms with Crippen molar-refractivity contribution in [3.8, 4) is 0 Å². The number of thioether (sulfide) groups is 1. The maximum atomic E-state index is 12.1. The van der Waals surface area contributed by atoms with Crippen LogP contribution in [0.2, 0.25) is 0 Å². The fourth-order valence-corrected chi connectivity index (χ4v) is 5.19. The largest absolute Gasteiger partial charge is 0.477 e. The summed E-state index contributed by atoms with van der Waals surface area (Å²) in [5.41, 5.74) is 5.36. The second kappa shape index (κ2) is 6.38. The van der Waals surface area contributed by atoms with E-state index in [1.807, 2.05) is 0 Å². The number of likely N-dealkylation sites (tertiary alicyclic amines) is 1. The minimum Gasteiger partial charge on any atom is -0.477 e. The number of rotatable bonds is 5. The summed E-state index contributed by atoms with van der Waals surface area (Å²) in [6.45, 7) is 3.32. The molecule has 0 aromatic rings. The van der Waals surface area contributed by atoms with Crippen molar-refractivity contribution in [1.82, 2.24) is 9.80 Å². The van der Waals surface area contributed by atoms with E-state index in [-0.39, 0.29) is 28.8 Å². The van der Waals surface area contributed by atoms with Crippen LogP contribution in [-0.4, -0.2) is 68.9 Å². The number of aliphatic hydroxyl groups excluding tert-OH is 1. The third kappa shape index (κ3) is 2.80. The molecule has 0 radical (unpaired) electrons. The van der Waals surface area contributed by atoms with Crippen molar-refractivity contribution in [2.45, 2.75) is 31.2 Å². The van der Waals surface area contributed by atoms with Crippen LogP contribution in [0.4, 0.5) is 0 Å². The van der Waals surface area contributed by atoms with Crippen molar-refractivity contribution in [1.29, 1.82) is 0 Å². The molecule has 9 heteroatoms. The summed E-state index contributed by atoms with van der Waals surface area (Å²) in [6.07, 6.45) is 0.530. The number of carboxylic acid groups (broad SMARTS) is 1. The lowest BCUT2D eigenvalue weighted by Gasteiger charge is -2.43. The Bertz CT molecular complexity index is 612. The van der Waals surface area contributed by atoms with Gasteiger partial charge in [-0.15, -0.1) is 11.8 Å². The van der Waals surface area contributed by atoms with E-state index in [4.69, 9.17) is 5.73 Å². The number of hydrogen-bond donors (Lipinski definition) is 3. The zero-order chi connectivity index (χ0) is 17.6. The number of carbonyl (C=O) groups is 3. The van der Waals surface area contributed by atoms with Gasteiger partial charge in [-0.1, -0.05) is 0 Å². The molecule has 24 heavy (non-hydrogen) atoms. The van der Waals surface area contributed by atoms with Crippen LogP contribution in [0.3, 0.4) is 0 Å². The average molecular weight is 355 g/mol. The molecule has 0 saturated carbocycles. The van der Waals surface area contributed by atoms with Gasteiger partial charge >= 0.3 is 5.97 Å². The maximum absolute atomic E-state index is 12.1. The summed E-state index contributed by atoms with van der Waals surface area (Å²) in [4.78, 5) is 39.0. The van der Waals surface area contributed by atoms with Gasteiger partial charge in [0.15, 0.2) is 0 Å². The number of piperidine rings is 1. The van der Waals surface area contributed by atoms with Crippen LogP contribution >= 0.6 is 11.8 Å². The number of hydrogen-bond acceptors (Lipinski definition) is 6. The zero-order valence-electron chi connectivity index (χ0n) is 13.3. The lowest BCUT2D eigenvalue weighted by atomic mass is 9.92. The summed E-state index contributed by atoms with van der Waals surface area (Å²) in [5, 5.41) is 18.9. The molecule has 8 nitrogen and oxygen atoms in total. The van der Waals surface area contributed by atoms with Gasteiger partial charge in [-0.25, -0.2) is 4.79 Å². The lowest BCUT2D eigenvalue weighted by molar-refractivity contribution is -0.156. The summed E-state index contributed by atoms with van der Waals surface area (Å²) in [6, 6.07) is 0. The van der Waals surface area contributed by atoms with E-state index in [9.17, 15) is 24.6 Å². The predicted molar refractivity (Wildman–Crippen MR) is 86.4 cm³/mol. The molecule has 132 valence electrons. The molecule has 0 aromatic carbocycles. The highest BCUT2D eigenvalue weighted by atomic mass is 32.2. The highest BCUT2D eigenvalue weighted by Crippen LogP contribution is 2.50. The van der Waals surface area contributed by atoms with Gasteiger partial charge in [-0.3, -0.25) is 19.4 Å². The maximum Gasteiger partial charge on any atom is 0.353 e. The topological polar surface area (TPSA) is 124 Å². The lowest BCUT2D eigenvalue weighted by Crippen LogP contribution is -2.60. The van der Waals surface area contributed by atoms with Gasteiger partial charge in [0.05, 0.1) is 12.0 Å². The Kier molecular flexibility index (Phi) is 4.58. The van der Waals surface area contributed by atoms with Crippen molar-refractivity contribution >= 4 is 29.5 Å². The molecule has 0 aliphatic carbocycles. The highest BCUT2D eigenvalue weighted by molar-refractivity contribution is 8.04. The number of β-lactam (4-membered cyclic amide) rings is 1. The van der Waals surface area contributed by atoms with Gasteiger partial charge in [0.25, 0.3) is 0 Å². The van der Waals surface area contributed by atoms with Gasteiger partial charge in [-0.2, -0.15) is 0 Å². The standard InChI is InChI=1S/C15H21N3O5S/c1-7(19)10-13(21)18-11(15(22)23)9(24-14(10)18)6-17-4-2-8(3-5-17)12(16)20/h7-8,10,14,19H,2-6H2,1H3,(H2,16,20)(H,22,23)/t7?,10-,14+/m0/s1. The Morgan fingerprint density at radius 2 is 2.00 bits per heavy atom. The van der Waals surface area contributed by atoms with Crippen LogP contribution in [0.1, 0.15) is 19.8 Å². The molecule has 0 spiro atoms. The molecule has 2 fully saturated rings. The molecule has 4 N–H and O–H groups in total. The first-order valence-corrected chi connectivity index (χ1v) is 8.85. The predicted octanol–water partition coefficient (Wildman–Crippen LogP) is -0.608. The van der Waals surface area contributed by atoms with Crippen molar-refractivity contribution in [2.75, 3.05) is 19.6 Å². The Morgan fingerprint density at radius 1 is 1.38 bits per heavy atom. The van der Waals surface area contributed by atoms with E-state index in [1.54, 1.807) is 6.92 Å². The van der Waals surface area contributed by atoms with Gasteiger partial charge in [0.2, 0.25) is 11.8 Å². The van der Waals surface area contributed by atoms with Crippen LogP contribution in [-0.2, 0) is 14.4 Å². The van der Waals surface area contributed by atoms with Gasteiger partial charge in [0, 0.05) is 17.4 Å². The van der Waals surface area contributed by atoms with Crippen LogP contribution in [0, 0.1) is 11.8 Å². The highest BCUT2D eigenvalue weighted by Gasteiger charge is 2.57. The Labute approximate surface area is 143 Å². The smallest absolute Gasteiger partial charge is 0.353 e. The van der Waals surface area contributed by atoms with Gasteiger partial charge in [-0.05, 0) is 32.9 Å². The van der Waals surface area contributed by atoms with Crippen molar-refractivity contribution in [3.63, 3.8) is 0 Å². The minimum atomic E-state index is -1.12. The van der Waals surface area contributed by atoms with E-state index in [2.05, 4.69) is 4.90 Å².